The van der Waals surface area contributed by atoms with E-state index in [-0.39, 0.29) is 11.3 Å². The lowest BCUT2D eigenvalue weighted by atomic mass is 10.1. The van der Waals surface area contributed by atoms with Crippen LogP contribution in [0.4, 0.5) is 10.1 Å². The van der Waals surface area contributed by atoms with E-state index in [0.29, 0.717) is 13.0 Å². The van der Waals surface area contributed by atoms with Gasteiger partial charge in [0.15, 0.2) is 0 Å². The molecule has 18 heavy (non-hydrogen) atoms. The SMILES string of the molecule is O=C(O)c1c(F)cccc1NCCc1cscn1. The topological polar surface area (TPSA) is 62.2 Å². The molecular formula is C12H11FN2O2S. The van der Waals surface area contributed by atoms with Crippen molar-refractivity contribution in [1.29, 1.82) is 0 Å². The highest BCUT2D eigenvalue weighted by Crippen LogP contribution is 2.18. The van der Waals surface area contributed by atoms with Gasteiger partial charge in [-0.15, -0.1) is 11.3 Å². The fraction of sp³-hybridized carbons (Fsp3) is 0.167. The zero-order valence-corrected chi connectivity index (χ0v) is 10.2. The van der Waals surface area contributed by atoms with Crippen LogP contribution < -0.4 is 5.32 Å². The lowest BCUT2D eigenvalue weighted by Crippen LogP contribution is -2.11. The van der Waals surface area contributed by atoms with Crippen LogP contribution in [0.25, 0.3) is 0 Å². The van der Waals surface area contributed by atoms with Gasteiger partial charge in [-0.1, -0.05) is 6.07 Å². The number of aromatic nitrogens is 1. The normalized spacial score (nSPS) is 10.3. The van der Waals surface area contributed by atoms with Crippen LogP contribution in [0.2, 0.25) is 0 Å². The molecule has 0 spiro atoms. The van der Waals surface area contributed by atoms with Crippen LogP contribution in [0.3, 0.4) is 0 Å². The van der Waals surface area contributed by atoms with Crippen molar-refractivity contribution >= 4 is 23.0 Å². The van der Waals surface area contributed by atoms with Crippen LogP contribution in [-0.4, -0.2) is 22.6 Å². The van der Waals surface area contributed by atoms with Gasteiger partial charge >= 0.3 is 5.97 Å². The van der Waals surface area contributed by atoms with E-state index in [2.05, 4.69) is 10.3 Å². The molecule has 0 aliphatic heterocycles. The number of rotatable bonds is 5. The summed E-state index contributed by atoms with van der Waals surface area (Å²) in [5.41, 5.74) is 2.63. The van der Waals surface area contributed by atoms with Gasteiger partial charge in [-0.05, 0) is 12.1 Å². The van der Waals surface area contributed by atoms with Crippen molar-refractivity contribution in [3.8, 4) is 0 Å². The van der Waals surface area contributed by atoms with Crippen molar-refractivity contribution in [3.63, 3.8) is 0 Å². The van der Waals surface area contributed by atoms with Gasteiger partial charge in [0.1, 0.15) is 11.4 Å². The zero-order chi connectivity index (χ0) is 13.0. The quantitative estimate of drug-likeness (QED) is 0.873. The van der Waals surface area contributed by atoms with Gasteiger partial charge in [0.05, 0.1) is 16.9 Å². The Hall–Kier alpha value is -1.95. The first kappa shape index (κ1) is 12.5. The highest BCUT2D eigenvalue weighted by molar-refractivity contribution is 7.07. The van der Waals surface area contributed by atoms with Crippen LogP contribution in [0.5, 0.6) is 0 Å². The molecule has 2 N–H and O–H groups in total. The van der Waals surface area contributed by atoms with Crippen molar-refractivity contribution in [3.05, 3.63) is 46.2 Å². The Labute approximate surface area is 107 Å². The standard InChI is InChI=1S/C12H11FN2O2S/c13-9-2-1-3-10(11(9)12(16)17)14-5-4-8-6-18-7-15-8/h1-3,6-7,14H,4-5H2,(H,16,17). The lowest BCUT2D eigenvalue weighted by molar-refractivity contribution is 0.0693. The molecule has 0 unspecified atom stereocenters. The summed E-state index contributed by atoms with van der Waals surface area (Å²) in [6.45, 7) is 0.507. The number of halogens is 1. The molecule has 2 aromatic rings. The Morgan fingerprint density at radius 1 is 1.50 bits per heavy atom. The number of carboxylic acids is 1. The molecule has 1 aromatic carbocycles. The molecule has 0 saturated carbocycles. The molecule has 0 fully saturated rings. The van der Waals surface area contributed by atoms with Crippen LogP contribution in [0.1, 0.15) is 16.1 Å². The molecule has 0 amide bonds. The van der Waals surface area contributed by atoms with Crippen LogP contribution >= 0.6 is 11.3 Å². The van der Waals surface area contributed by atoms with Gasteiger partial charge in [0.25, 0.3) is 0 Å². The monoisotopic (exact) mass is 266 g/mol. The number of anilines is 1. The molecule has 2 rings (SSSR count). The zero-order valence-electron chi connectivity index (χ0n) is 9.39. The molecule has 0 saturated heterocycles. The number of hydrogen-bond donors (Lipinski definition) is 2. The summed E-state index contributed by atoms with van der Waals surface area (Å²) >= 11 is 1.50. The average Bonchev–Trinajstić information content (AvgIpc) is 2.81. The summed E-state index contributed by atoms with van der Waals surface area (Å²) < 4.78 is 13.4. The maximum Gasteiger partial charge on any atom is 0.340 e. The number of nitrogens with one attached hydrogen (secondary N) is 1. The Morgan fingerprint density at radius 2 is 2.33 bits per heavy atom. The van der Waals surface area contributed by atoms with Gasteiger partial charge < -0.3 is 10.4 Å². The molecule has 0 atom stereocenters. The third-order valence-corrected chi connectivity index (χ3v) is 3.04. The highest BCUT2D eigenvalue weighted by Gasteiger charge is 2.15. The number of nitrogens with zero attached hydrogens (tertiary/aromatic N) is 1. The third-order valence-electron chi connectivity index (χ3n) is 2.41. The summed E-state index contributed by atoms with van der Waals surface area (Å²) in [6, 6.07) is 4.16. The van der Waals surface area contributed by atoms with E-state index in [1.165, 1.54) is 17.4 Å². The minimum absolute atomic E-state index is 0.290. The molecule has 6 heteroatoms. The fourth-order valence-corrected chi connectivity index (χ4v) is 2.17. The Morgan fingerprint density at radius 3 is 3.00 bits per heavy atom. The number of aromatic carboxylic acids is 1. The maximum absolute atomic E-state index is 13.4. The minimum Gasteiger partial charge on any atom is -0.478 e. The number of hydrogen-bond acceptors (Lipinski definition) is 4. The van der Waals surface area contributed by atoms with Crippen molar-refractivity contribution in [1.82, 2.24) is 4.98 Å². The highest BCUT2D eigenvalue weighted by atomic mass is 32.1. The van der Waals surface area contributed by atoms with Crippen molar-refractivity contribution in [2.75, 3.05) is 11.9 Å². The summed E-state index contributed by atoms with van der Waals surface area (Å²) in [6.07, 6.45) is 0.666. The third kappa shape index (κ3) is 2.84. The van der Waals surface area contributed by atoms with E-state index in [1.54, 1.807) is 11.6 Å². The van der Waals surface area contributed by atoms with E-state index in [9.17, 15) is 9.18 Å². The predicted molar refractivity (Wildman–Crippen MR) is 67.7 cm³/mol. The van der Waals surface area contributed by atoms with Crippen molar-refractivity contribution < 1.29 is 14.3 Å². The van der Waals surface area contributed by atoms with Gasteiger partial charge in [-0.2, -0.15) is 0 Å². The summed E-state index contributed by atoms with van der Waals surface area (Å²) in [7, 11) is 0. The smallest absolute Gasteiger partial charge is 0.340 e. The second-order valence-corrected chi connectivity index (χ2v) is 4.34. The molecule has 1 heterocycles. The van der Waals surface area contributed by atoms with E-state index in [4.69, 9.17) is 5.11 Å². The summed E-state index contributed by atoms with van der Waals surface area (Å²) in [5, 5.41) is 13.8. The number of thiazole rings is 1. The second kappa shape index (κ2) is 5.59. The van der Waals surface area contributed by atoms with Gasteiger partial charge in [-0.3, -0.25) is 0 Å². The molecule has 1 aromatic heterocycles. The Bertz CT molecular complexity index is 543. The lowest BCUT2D eigenvalue weighted by Gasteiger charge is -2.09. The summed E-state index contributed by atoms with van der Waals surface area (Å²) in [5.74, 6) is -2.01. The first-order chi connectivity index (χ1) is 8.68. The van der Waals surface area contributed by atoms with E-state index < -0.39 is 11.8 Å². The first-order valence-corrected chi connectivity index (χ1v) is 6.25. The Kier molecular flexibility index (Phi) is 3.88. The van der Waals surface area contributed by atoms with Gasteiger partial charge in [0.2, 0.25) is 0 Å². The molecule has 4 nitrogen and oxygen atoms in total. The number of carbonyl (C=O) groups is 1. The summed E-state index contributed by atoms with van der Waals surface area (Å²) in [4.78, 5) is 15.1. The molecule has 94 valence electrons. The Balaban J connectivity index is 2.05. The van der Waals surface area contributed by atoms with Crippen LogP contribution in [-0.2, 0) is 6.42 Å². The maximum atomic E-state index is 13.4. The van der Waals surface area contributed by atoms with Gasteiger partial charge in [-0.25, -0.2) is 14.2 Å². The van der Waals surface area contributed by atoms with E-state index >= 15 is 0 Å². The first-order valence-electron chi connectivity index (χ1n) is 5.31. The predicted octanol–water partition coefficient (Wildman–Crippen LogP) is 2.64. The average molecular weight is 266 g/mol. The van der Waals surface area contributed by atoms with Crippen LogP contribution in [0, 0.1) is 5.82 Å². The number of carboxylic acid groups (broad SMARTS) is 1. The largest absolute Gasteiger partial charge is 0.478 e. The van der Waals surface area contributed by atoms with E-state index in [1.807, 2.05) is 5.38 Å². The molecular weight excluding hydrogens is 255 g/mol. The van der Waals surface area contributed by atoms with Crippen LogP contribution in [0.15, 0.2) is 29.1 Å². The minimum atomic E-state index is -1.27. The van der Waals surface area contributed by atoms with Crippen molar-refractivity contribution in [2.24, 2.45) is 0 Å². The second-order valence-electron chi connectivity index (χ2n) is 3.62. The molecule has 0 aliphatic rings. The molecule has 0 bridgehead atoms. The fourth-order valence-electron chi connectivity index (χ4n) is 1.58. The molecule has 0 radical (unpaired) electrons. The van der Waals surface area contributed by atoms with E-state index in [0.717, 1.165) is 11.8 Å². The number of benzene rings is 1. The van der Waals surface area contributed by atoms with Crippen molar-refractivity contribution in [2.45, 2.75) is 6.42 Å². The van der Waals surface area contributed by atoms with Gasteiger partial charge in [0, 0.05) is 18.3 Å². The molecule has 0 aliphatic carbocycles.